The number of aryl methyl sites for hydroxylation is 1. The molecule has 29 heavy (non-hydrogen) atoms. The minimum absolute atomic E-state index is 0.105. The first-order chi connectivity index (χ1) is 14.2. The van der Waals surface area contributed by atoms with E-state index in [0.29, 0.717) is 0 Å². The fourth-order valence-corrected chi connectivity index (χ4v) is 6.08. The second-order valence-electron chi connectivity index (χ2n) is 8.11. The molecule has 0 amide bonds. The molecule has 0 radical (unpaired) electrons. The zero-order chi connectivity index (χ0) is 19.8. The summed E-state index contributed by atoms with van der Waals surface area (Å²) >= 11 is 7.74. The second-order valence-corrected chi connectivity index (χ2v) is 9.60. The van der Waals surface area contributed by atoms with Crippen LogP contribution in [0.2, 0.25) is 5.02 Å². The molecule has 1 atom stereocenters. The van der Waals surface area contributed by atoms with E-state index in [1.165, 1.54) is 61.8 Å². The summed E-state index contributed by atoms with van der Waals surface area (Å²) in [6.45, 7) is 3.79. The van der Waals surface area contributed by atoms with E-state index in [-0.39, 0.29) is 5.02 Å². The molecule has 5 rings (SSSR count). The normalized spacial score (nSPS) is 19.6. The first kappa shape index (κ1) is 19.2. The third kappa shape index (κ3) is 3.98. The number of thiophene rings is 1. The number of rotatable bonds is 5. The number of hydrogen-bond acceptors (Lipinski definition) is 5. The first-order valence-corrected chi connectivity index (χ1v) is 11.6. The van der Waals surface area contributed by atoms with E-state index in [1.54, 1.807) is 29.8 Å². The summed E-state index contributed by atoms with van der Waals surface area (Å²) in [5, 5.41) is 4.54. The Morgan fingerprint density at radius 1 is 1.24 bits per heavy atom. The van der Waals surface area contributed by atoms with Crippen LogP contribution in [0.25, 0.3) is 10.2 Å². The Kier molecular flexibility index (Phi) is 5.41. The zero-order valence-electron chi connectivity index (χ0n) is 16.3. The Morgan fingerprint density at radius 3 is 2.93 bits per heavy atom. The summed E-state index contributed by atoms with van der Waals surface area (Å²) < 4.78 is 13.5. The van der Waals surface area contributed by atoms with Crippen molar-refractivity contribution < 1.29 is 4.39 Å². The van der Waals surface area contributed by atoms with Crippen molar-refractivity contribution in [2.75, 3.05) is 25.0 Å². The van der Waals surface area contributed by atoms with Gasteiger partial charge in [0.05, 0.1) is 10.4 Å². The third-order valence-corrected chi connectivity index (χ3v) is 7.63. The average Bonchev–Trinajstić information content (AvgIpc) is 3.36. The Labute approximate surface area is 179 Å². The molecule has 1 aliphatic carbocycles. The molecule has 1 unspecified atom stereocenters. The molecule has 0 saturated carbocycles. The molecule has 2 aromatic heterocycles. The maximum absolute atomic E-state index is 13.5. The quantitative estimate of drug-likeness (QED) is 0.553. The van der Waals surface area contributed by atoms with Crippen molar-refractivity contribution in [2.24, 2.45) is 5.92 Å². The van der Waals surface area contributed by atoms with Crippen LogP contribution in [0.3, 0.4) is 0 Å². The monoisotopic (exact) mass is 430 g/mol. The van der Waals surface area contributed by atoms with Crippen LogP contribution in [-0.2, 0) is 12.8 Å². The molecule has 4 nitrogen and oxygen atoms in total. The van der Waals surface area contributed by atoms with Gasteiger partial charge in [-0.05, 0) is 87.8 Å². The number of benzene rings is 1. The molecule has 1 aromatic carbocycles. The highest BCUT2D eigenvalue weighted by Gasteiger charge is 2.26. The minimum Gasteiger partial charge on any atom is -0.340 e. The number of hydrogen-bond donors (Lipinski definition) is 1. The highest BCUT2D eigenvalue weighted by Crippen LogP contribution is 2.41. The van der Waals surface area contributed by atoms with Gasteiger partial charge in [0, 0.05) is 10.6 Å². The standard InChI is InChI=1S/C22H24ClFN4S/c23-17-12-15(4-6-18(17)24)27-21-20-16-5-3-14(7-10-28-8-1-2-9-28)11-19(16)29-22(20)26-13-25-21/h4,6,12-14H,1-3,5,7-11H2,(H,25,26,27). The molecule has 1 aliphatic heterocycles. The molecular formula is C22H24ClFN4S. The van der Waals surface area contributed by atoms with Gasteiger partial charge in [-0.25, -0.2) is 14.4 Å². The Balaban J connectivity index is 1.37. The lowest BCUT2D eigenvalue weighted by Gasteiger charge is -2.24. The molecule has 1 N–H and O–H groups in total. The first-order valence-electron chi connectivity index (χ1n) is 10.4. The molecule has 152 valence electrons. The number of halogens is 2. The van der Waals surface area contributed by atoms with Crippen molar-refractivity contribution in [1.29, 1.82) is 0 Å². The van der Waals surface area contributed by atoms with Gasteiger partial charge in [0.1, 0.15) is 22.8 Å². The van der Waals surface area contributed by atoms with Crippen molar-refractivity contribution in [3.8, 4) is 0 Å². The fraction of sp³-hybridized carbons (Fsp3) is 0.455. The van der Waals surface area contributed by atoms with Crippen LogP contribution in [0.1, 0.15) is 36.1 Å². The summed E-state index contributed by atoms with van der Waals surface area (Å²) in [7, 11) is 0. The van der Waals surface area contributed by atoms with Crippen molar-refractivity contribution in [3.63, 3.8) is 0 Å². The van der Waals surface area contributed by atoms with Crippen LogP contribution in [0, 0.1) is 11.7 Å². The van der Waals surface area contributed by atoms with Gasteiger partial charge < -0.3 is 10.2 Å². The van der Waals surface area contributed by atoms with Crippen LogP contribution in [0.4, 0.5) is 15.9 Å². The highest BCUT2D eigenvalue weighted by molar-refractivity contribution is 7.19. The number of nitrogens with zero attached hydrogens (tertiary/aromatic N) is 3. The average molecular weight is 431 g/mol. The van der Waals surface area contributed by atoms with Crippen LogP contribution in [-0.4, -0.2) is 34.5 Å². The van der Waals surface area contributed by atoms with Gasteiger partial charge in [-0.1, -0.05) is 11.6 Å². The maximum Gasteiger partial charge on any atom is 0.142 e. The number of nitrogens with one attached hydrogen (secondary N) is 1. The highest BCUT2D eigenvalue weighted by atomic mass is 35.5. The lowest BCUT2D eigenvalue weighted by molar-refractivity contribution is 0.291. The number of likely N-dealkylation sites (tertiary alicyclic amines) is 1. The summed E-state index contributed by atoms with van der Waals surface area (Å²) in [4.78, 5) is 14.1. The van der Waals surface area contributed by atoms with E-state index in [2.05, 4.69) is 20.2 Å². The van der Waals surface area contributed by atoms with Gasteiger partial charge in [0.25, 0.3) is 0 Å². The smallest absolute Gasteiger partial charge is 0.142 e. The van der Waals surface area contributed by atoms with Crippen molar-refractivity contribution in [2.45, 2.75) is 38.5 Å². The summed E-state index contributed by atoms with van der Waals surface area (Å²) in [6.07, 6.45) is 9.06. The molecule has 7 heteroatoms. The lowest BCUT2D eigenvalue weighted by atomic mass is 9.85. The molecule has 3 heterocycles. The van der Waals surface area contributed by atoms with Crippen molar-refractivity contribution in [1.82, 2.24) is 14.9 Å². The van der Waals surface area contributed by atoms with E-state index >= 15 is 0 Å². The maximum atomic E-state index is 13.5. The largest absolute Gasteiger partial charge is 0.340 e. The van der Waals surface area contributed by atoms with Gasteiger partial charge in [0.15, 0.2) is 0 Å². The summed E-state index contributed by atoms with van der Waals surface area (Å²) in [6, 6.07) is 4.65. The molecular weight excluding hydrogens is 407 g/mol. The Morgan fingerprint density at radius 2 is 2.10 bits per heavy atom. The van der Waals surface area contributed by atoms with E-state index in [9.17, 15) is 4.39 Å². The SMILES string of the molecule is Fc1ccc(Nc2ncnc3sc4c(c23)CCC(CCN2CCCC2)C4)cc1Cl. The molecule has 1 saturated heterocycles. The third-order valence-electron chi connectivity index (χ3n) is 6.18. The number of aromatic nitrogens is 2. The van der Waals surface area contributed by atoms with Gasteiger partial charge in [0.2, 0.25) is 0 Å². The minimum atomic E-state index is -0.419. The van der Waals surface area contributed by atoms with Gasteiger partial charge in [-0.2, -0.15) is 0 Å². The molecule has 0 spiro atoms. The molecule has 3 aromatic rings. The Hall–Kier alpha value is -1.76. The van der Waals surface area contributed by atoms with Crippen LogP contribution < -0.4 is 5.32 Å². The van der Waals surface area contributed by atoms with Crippen molar-refractivity contribution >= 4 is 44.7 Å². The van der Waals surface area contributed by atoms with Crippen molar-refractivity contribution in [3.05, 3.63) is 45.8 Å². The van der Waals surface area contributed by atoms with E-state index in [1.807, 2.05) is 0 Å². The van der Waals surface area contributed by atoms with Gasteiger partial charge >= 0.3 is 0 Å². The second kappa shape index (κ2) is 8.17. The predicted octanol–water partition coefficient (Wildman–Crippen LogP) is 5.82. The molecule has 1 fully saturated rings. The summed E-state index contributed by atoms with van der Waals surface area (Å²) in [5.74, 6) is 1.13. The van der Waals surface area contributed by atoms with E-state index < -0.39 is 5.82 Å². The topological polar surface area (TPSA) is 41.1 Å². The van der Waals surface area contributed by atoms with E-state index in [4.69, 9.17) is 11.6 Å². The number of fused-ring (bicyclic) bond motifs is 3. The molecule has 0 bridgehead atoms. The van der Waals surface area contributed by atoms with Crippen LogP contribution >= 0.6 is 22.9 Å². The summed E-state index contributed by atoms with van der Waals surface area (Å²) in [5.41, 5.74) is 2.12. The van der Waals surface area contributed by atoms with Crippen LogP contribution in [0.15, 0.2) is 24.5 Å². The molecule has 2 aliphatic rings. The zero-order valence-corrected chi connectivity index (χ0v) is 17.8. The lowest BCUT2D eigenvalue weighted by Crippen LogP contribution is -2.24. The fourth-order valence-electron chi connectivity index (χ4n) is 4.60. The van der Waals surface area contributed by atoms with Gasteiger partial charge in [-0.3, -0.25) is 0 Å². The number of anilines is 2. The van der Waals surface area contributed by atoms with Crippen LogP contribution in [0.5, 0.6) is 0 Å². The predicted molar refractivity (Wildman–Crippen MR) is 118 cm³/mol. The van der Waals surface area contributed by atoms with E-state index in [0.717, 1.165) is 40.5 Å². The Bertz CT molecular complexity index is 1030. The van der Waals surface area contributed by atoms with Gasteiger partial charge in [-0.15, -0.1) is 11.3 Å².